The van der Waals surface area contributed by atoms with E-state index in [-0.39, 0.29) is 11.9 Å². The van der Waals surface area contributed by atoms with Crippen LogP contribution >= 0.6 is 0 Å². The number of likely N-dealkylation sites (N-methyl/N-ethyl adjacent to an activating group) is 1. The number of amides is 1. The van der Waals surface area contributed by atoms with Crippen LogP contribution in [0.1, 0.15) is 38.7 Å². The number of nitrogens with zero attached hydrogens (tertiary/aromatic N) is 2. The van der Waals surface area contributed by atoms with Gasteiger partial charge in [0.1, 0.15) is 5.75 Å². The summed E-state index contributed by atoms with van der Waals surface area (Å²) < 4.78 is 5.80. The predicted molar refractivity (Wildman–Crippen MR) is 102 cm³/mol. The maximum atomic E-state index is 12.2. The van der Waals surface area contributed by atoms with Gasteiger partial charge >= 0.3 is 0 Å². The number of hydrogen-bond donors (Lipinski definition) is 1. The van der Waals surface area contributed by atoms with Gasteiger partial charge < -0.3 is 15.0 Å². The van der Waals surface area contributed by atoms with Crippen LogP contribution in [-0.2, 0) is 11.3 Å². The maximum Gasteiger partial charge on any atom is 0.237 e. The first-order valence-corrected chi connectivity index (χ1v) is 9.56. The summed E-state index contributed by atoms with van der Waals surface area (Å²) >= 11 is 0. The summed E-state index contributed by atoms with van der Waals surface area (Å²) in [7, 11) is 2.02. The Balaban J connectivity index is 1.68. The van der Waals surface area contributed by atoms with Crippen molar-refractivity contribution in [2.24, 2.45) is 0 Å². The quantitative estimate of drug-likeness (QED) is 0.661. The van der Waals surface area contributed by atoms with Crippen LogP contribution in [0.3, 0.4) is 0 Å². The number of carbonyl (C=O) groups excluding carboxylic acids is 1. The fraction of sp³-hybridized carbons (Fsp3) is 0.650. The van der Waals surface area contributed by atoms with Crippen LogP contribution in [0.25, 0.3) is 0 Å². The highest BCUT2D eigenvalue weighted by molar-refractivity contribution is 5.81. The van der Waals surface area contributed by atoms with E-state index >= 15 is 0 Å². The van der Waals surface area contributed by atoms with Crippen molar-refractivity contribution in [3.05, 3.63) is 29.8 Å². The van der Waals surface area contributed by atoms with Crippen molar-refractivity contribution in [1.82, 2.24) is 15.1 Å². The molecule has 1 fully saturated rings. The van der Waals surface area contributed by atoms with E-state index in [0.717, 1.165) is 63.4 Å². The Kier molecular flexibility index (Phi) is 8.22. The molecule has 2 rings (SSSR count). The molecule has 1 aromatic rings. The zero-order chi connectivity index (χ0) is 18.1. The molecule has 1 amide bonds. The third-order valence-electron chi connectivity index (χ3n) is 5.00. The monoisotopic (exact) mass is 347 g/mol. The van der Waals surface area contributed by atoms with E-state index in [9.17, 15) is 4.79 Å². The highest BCUT2D eigenvalue weighted by Gasteiger charge is 2.27. The lowest BCUT2D eigenvalue weighted by atomic mass is 10.2. The molecule has 5 nitrogen and oxygen atoms in total. The van der Waals surface area contributed by atoms with Gasteiger partial charge in [-0.2, -0.15) is 0 Å². The van der Waals surface area contributed by atoms with Gasteiger partial charge in [-0.3, -0.25) is 9.69 Å². The van der Waals surface area contributed by atoms with Gasteiger partial charge in [-0.05, 0) is 63.6 Å². The second-order valence-electron chi connectivity index (χ2n) is 6.73. The molecule has 140 valence electrons. The minimum Gasteiger partial charge on any atom is -0.494 e. The van der Waals surface area contributed by atoms with Gasteiger partial charge in [0, 0.05) is 13.1 Å². The smallest absolute Gasteiger partial charge is 0.237 e. The summed E-state index contributed by atoms with van der Waals surface area (Å²) in [6, 6.07) is 8.06. The van der Waals surface area contributed by atoms with Gasteiger partial charge in [0.2, 0.25) is 5.91 Å². The number of likely N-dealkylation sites (tertiary alicyclic amines) is 1. The van der Waals surface area contributed by atoms with Crippen molar-refractivity contribution in [2.45, 2.75) is 45.7 Å². The molecule has 5 heteroatoms. The first-order valence-electron chi connectivity index (χ1n) is 9.56. The third-order valence-corrected chi connectivity index (χ3v) is 5.00. The molecule has 1 atom stereocenters. The van der Waals surface area contributed by atoms with Crippen molar-refractivity contribution < 1.29 is 9.53 Å². The molecule has 0 radical (unpaired) electrons. The molecule has 1 aliphatic heterocycles. The van der Waals surface area contributed by atoms with Crippen LogP contribution in [0.5, 0.6) is 5.75 Å². The summed E-state index contributed by atoms with van der Waals surface area (Å²) in [6.07, 6.45) is 3.10. The van der Waals surface area contributed by atoms with Crippen molar-refractivity contribution >= 4 is 5.91 Å². The Hall–Kier alpha value is -1.59. The van der Waals surface area contributed by atoms with Gasteiger partial charge in [-0.15, -0.1) is 0 Å². The number of carbonyl (C=O) groups is 1. The van der Waals surface area contributed by atoms with Crippen molar-refractivity contribution in [3.63, 3.8) is 0 Å². The molecule has 1 heterocycles. The summed E-state index contributed by atoms with van der Waals surface area (Å²) in [5, 5.41) is 3.04. The van der Waals surface area contributed by atoms with Crippen LogP contribution in [0.4, 0.5) is 0 Å². The zero-order valence-corrected chi connectivity index (χ0v) is 16.0. The van der Waals surface area contributed by atoms with E-state index in [2.05, 4.69) is 29.0 Å². The molecular formula is C20H33N3O2. The third kappa shape index (κ3) is 6.33. The highest BCUT2D eigenvalue weighted by atomic mass is 16.5. The van der Waals surface area contributed by atoms with E-state index in [1.165, 1.54) is 0 Å². The van der Waals surface area contributed by atoms with E-state index in [0.29, 0.717) is 6.54 Å². The van der Waals surface area contributed by atoms with E-state index < -0.39 is 0 Å². The Morgan fingerprint density at radius 2 is 2.00 bits per heavy atom. The Bertz CT molecular complexity index is 514. The van der Waals surface area contributed by atoms with Crippen LogP contribution in [-0.4, -0.2) is 61.6 Å². The number of ether oxygens (including phenoxy) is 1. The largest absolute Gasteiger partial charge is 0.494 e. The molecule has 0 saturated carbocycles. The van der Waals surface area contributed by atoms with Crippen LogP contribution in [0, 0.1) is 0 Å². The molecule has 0 aromatic heterocycles. The molecule has 0 bridgehead atoms. The molecule has 1 N–H and O–H groups in total. The van der Waals surface area contributed by atoms with E-state index in [1.807, 2.05) is 31.3 Å². The van der Waals surface area contributed by atoms with Crippen molar-refractivity contribution in [2.75, 3.05) is 39.8 Å². The molecule has 0 unspecified atom stereocenters. The van der Waals surface area contributed by atoms with E-state index in [4.69, 9.17) is 4.74 Å². The Morgan fingerprint density at radius 1 is 1.28 bits per heavy atom. The van der Waals surface area contributed by atoms with Gasteiger partial charge in [0.25, 0.3) is 0 Å². The number of rotatable bonds is 10. The van der Waals surface area contributed by atoms with Crippen LogP contribution in [0.15, 0.2) is 24.3 Å². The Morgan fingerprint density at radius 3 is 2.60 bits per heavy atom. The topological polar surface area (TPSA) is 44.8 Å². The maximum absolute atomic E-state index is 12.2. The molecule has 25 heavy (non-hydrogen) atoms. The lowest BCUT2D eigenvalue weighted by Gasteiger charge is -2.18. The average Bonchev–Trinajstić information content (AvgIpc) is 3.07. The number of hydrogen-bond acceptors (Lipinski definition) is 4. The summed E-state index contributed by atoms with van der Waals surface area (Å²) in [5.41, 5.74) is 1.10. The highest BCUT2D eigenvalue weighted by Crippen LogP contribution is 2.15. The minimum absolute atomic E-state index is 0.0356. The average molecular weight is 348 g/mol. The van der Waals surface area contributed by atoms with Gasteiger partial charge in [-0.1, -0.05) is 26.0 Å². The Labute approximate surface area is 152 Å². The summed E-state index contributed by atoms with van der Waals surface area (Å²) in [5.74, 6) is 1.03. The summed E-state index contributed by atoms with van der Waals surface area (Å²) in [4.78, 5) is 16.7. The predicted octanol–water partition coefficient (Wildman–Crippen LogP) is 2.51. The van der Waals surface area contributed by atoms with Gasteiger partial charge in [0.05, 0.1) is 12.6 Å². The normalized spacial score (nSPS) is 17.8. The summed E-state index contributed by atoms with van der Waals surface area (Å²) in [6.45, 7) is 9.96. The molecule has 1 aromatic carbocycles. The van der Waals surface area contributed by atoms with Crippen molar-refractivity contribution in [1.29, 1.82) is 0 Å². The van der Waals surface area contributed by atoms with Gasteiger partial charge in [0.15, 0.2) is 0 Å². The number of nitrogens with one attached hydrogen (secondary N) is 1. The lowest BCUT2D eigenvalue weighted by Crippen LogP contribution is -2.41. The lowest BCUT2D eigenvalue weighted by molar-refractivity contribution is -0.125. The second-order valence-corrected chi connectivity index (χ2v) is 6.73. The molecular weight excluding hydrogens is 314 g/mol. The first kappa shape index (κ1) is 19.7. The second kappa shape index (κ2) is 10.4. The molecule has 1 aliphatic rings. The first-order chi connectivity index (χ1) is 12.1. The van der Waals surface area contributed by atoms with Crippen molar-refractivity contribution in [3.8, 4) is 5.75 Å². The van der Waals surface area contributed by atoms with E-state index in [1.54, 1.807) is 0 Å². The zero-order valence-electron chi connectivity index (χ0n) is 16.0. The van der Waals surface area contributed by atoms with Gasteiger partial charge in [-0.25, -0.2) is 0 Å². The fourth-order valence-corrected chi connectivity index (χ4v) is 3.27. The fourth-order valence-electron chi connectivity index (χ4n) is 3.27. The SMILES string of the molecule is CCN(CC)CCCOc1ccc(CNC(=O)[C@@H]2CCCN2C)cc1. The van der Waals surface area contributed by atoms with Crippen LogP contribution in [0.2, 0.25) is 0 Å². The van der Waals surface area contributed by atoms with Crippen LogP contribution < -0.4 is 10.1 Å². The minimum atomic E-state index is 0.0356. The molecule has 1 saturated heterocycles. The molecule has 0 aliphatic carbocycles. The molecule has 0 spiro atoms. The number of benzene rings is 1. The standard InChI is InChI=1S/C20H33N3O2/c1-4-23(5-2)14-7-15-25-18-11-9-17(10-12-18)16-21-20(24)19-8-6-13-22(19)3/h9-12,19H,4-8,13-16H2,1-3H3,(H,21,24)/t19-/m0/s1.